The van der Waals surface area contributed by atoms with Crippen molar-refractivity contribution in [2.24, 2.45) is 5.92 Å². The molecule has 3 rings (SSSR count). The monoisotopic (exact) mass is 431 g/mol. The van der Waals surface area contributed by atoms with Crippen LogP contribution in [0.1, 0.15) is 61.0 Å². The van der Waals surface area contributed by atoms with E-state index in [-0.39, 0.29) is 11.9 Å². The van der Waals surface area contributed by atoms with Crippen LogP contribution in [0, 0.1) is 5.92 Å². The van der Waals surface area contributed by atoms with Gasteiger partial charge >= 0.3 is 0 Å². The molecular formula is C22H29N3O2S2. The van der Waals surface area contributed by atoms with E-state index in [2.05, 4.69) is 15.6 Å². The van der Waals surface area contributed by atoms with Crippen LogP contribution in [-0.2, 0) is 6.54 Å². The van der Waals surface area contributed by atoms with E-state index in [1.54, 1.807) is 18.0 Å². The van der Waals surface area contributed by atoms with Gasteiger partial charge in [-0.05, 0) is 36.5 Å². The van der Waals surface area contributed by atoms with Crippen molar-refractivity contribution in [3.8, 4) is 5.75 Å². The van der Waals surface area contributed by atoms with Gasteiger partial charge in [0, 0.05) is 11.9 Å². The molecule has 1 fully saturated rings. The predicted octanol–water partition coefficient (Wildman–Crippen LogP) is 4.73. The number of nitrogens with zero attached hydrogens (tertiary/aromatic N) is 1. The molecule has 1 heterocycles. The number of rotatable bonds is 9. The fraction of sp³-hybridized carbons (Fsp3) is 0.500. The number of thiazole rings is 1. The summed E-state index contributed by atoms with van der Waals surface area (Å²) in [6.45, 7) is 0.620. The van der Waals surface area contributed by atoms with Gasteiger partial charge in [-0.3, -0.25) is 4.79 Å². The molecule has 1 atom stereocenters. The lowest BCUT2D eigenvalue weighted by atomic mass is 9.85. The zero-order valence-corrected chi connectivity index (χ0v) is 18.5. The number of benzene rings is 1. The summed E-state index contributed by atoms with van der Waals surface area (Å²) in [6.07, 6.45) is 8.52. The van der Waals surface area contributed by atoms with Crippen molar-refractivity contribution >= 4 is 34.5 Å². The number of carbonyl (C=O) groups is 1. The van der Waals surface area contributed by atoms with Crippen LogP contribution in [0.3, 0.4) is 0 Å². The Balaban J connectivity index is 1.58. The summed E-state index contributed by atoms with van der Waals surface area (Å²) >= 11 is 7.09. The molecule has 5 nitrogen and oxygen atoms in total. The summed E-state index contributed by atoms with van der Waals surface area (Å²) in [4.78, 5) is 17.3. The Morgan fingerprint density at radius 2 is 2.03 bits per heavy atom. The van der Waals surface area contributed by atoms with E-state index in [1.165, 1.54) is 43.4 Å². The molecule has 0 saturated heterocycles. The smallest absolute Gasteiger partial charge is 0.271 e. The van der Waals surface area contributed by atoms with Crippen molar-refractivity contribution in [3.63, 3.8) is 0 Å². The topological polar surface area (TPSA) is 63.2 Å². The lowest BCUT2D eigenvalue weighted by Crippen LogP contribution is -2.45. The van der Waals surface area contributed by atoms with Crippen LogP contribution >= 0.6 is 23.6 Å². The third-order valence-electron chi connectivity index (χ3n) is 5.50. The number of amides is 1. The summed E-state index contributed by atoms with van der Waals surface area (Å²) in [7, 11) is 1.66. The molecule has 0 radical (unpaired) electrons. The molecule has 2 aromatic rings. The van der Waals surface area contributed by atoms with Crippen molar-refractivity contribution in [1.82, 2.24) is 15.6 Å². The molecule has 1 aliphatic carbocycles. The van der Waals surface area contributed by atoms with Crippen LogP contribution in [0.15, 0.2) is 35.2 Å². The highest BCUT2D eigenvalue weighted by Crippen LogP contribution is 2.28. The van der Waals surface area contributed by atoms with Crippen LogP contribution in [0.5, 0.6) is 5.75 Å². The highest BCUT2D eigenvalue weighted by atomic mass is 32.1. The largest absolute Gasteiger partial charge is 0.497 e. The number of methoxy groups -OCH3 is 1. The zero-order chi connectivity index (χ0) is 20.5. The first kappa shape index (κ1) is 21.7. The van der Waals surface area contributed by atoms with E-state index in [0.717, 1.165) is 30.1 Å². The van der Waals surface area contributed by atoms with Crippen molar-refractivity contribution in [2.45, 2.75) is 57.5 Å². The van der Waals surface area contributed by atoms with Crippen LogP contribution in [-0.4, -0.2) is 29.0 Å². The molecule has 2 N–H and O–H groups in total. The average molecular weight is 432 g/mol. The first-order chi connectivity index (χ1) is 14.2. The molecule has 29 heavy (non-hydrogen) atoms. The second-order valence-electron chi connectivity index (χ2n) is 7.55. The van der Waals surface area contributed by atoms with Crippen molar-refractivity contribution in [2.75, 3.05) is 7.11 Å². The second-order valence-corrected chi connectivity index (χ2v) is 8.71. The molecule has 1 amide bonds. The number of ether oxygens (including phenoxy) is 1. The highest BCUT2D eigenvalue weighted by Gasteiger charge is 2.22. The maximum atomic E-state index is 12.5. The Bertz CT molecular complexity index is 772. The number of thiocarbonyl (C=S) groups is 1. The fourth-order valence-corrected chi connectivity index (χ4v) is 4.54. The van der Waals surface area contributed by atoms with Gasteiger partial charge in [-0.15, -0.1) is 11.3 Å². The Labute approximate surface area is 182 Å². The van der Waals surface area contributed by atoms with Crippen LogP contribution in [0.4, 0.5) is 0 Å². The van der Waals surface area contributed by atoms with Gasteiger partial charge in [0.25, 0.3) is 5.91 Å². The summed E-state index contributed by atoms with van der Waals surface area (Å²) in [5, 5.41) is 8.19. The normalized spacial score (nSPS) is 15.5. The van der Waals surface area contributed by atoms with Gasteiger partial charge in [0.2, 0.25) is 0 Å². The molecule has 0 bridgehead atoms. The zero-order valence-electron chi connectivity index (χ0n) is 16.9. The maximum Gasteiger partial charge on any atom is 0.271 e. The van der Waals surface area contributed by atoms with Crippen molar-refractivity contribution < 1.29 is 9.53 Å². The summed E-state index contributed by atoms with van der Waals surface area (Å²) in [5.41, 5.74) is 3.24. The lowest BCUT2D eigenvalue weighted by Gasteiger charge is -2.25. The van der Waals surface area contributed by atoms with Crippen LogP contribution in [0.25, 0.3) is 0 Å². The number of hydrogen-bond acceptors (Lipinski definition) is 5. The van der Waals surface area contributed by atoms with E-state index in [9.17, 15) is 4.79 Å². The minimum atomic E-state index is -0.181. The SMILES string of the molecule is COc1ccc(CNC(=S)[C@@H](CCC2CCCCC2)NC(=O)c2cscn2)cc1. The van der Waals surface area contributed by atoms with Crippen molar-refractivity contribution in [1.29, 1.82) is 0 Å². The highest BCUT2D eigenvalue weighted by molar-refractivity contribution is 7.80. The molecular weight excluding hydrogens is 402 g/mol. The van der Waals surface area contributed by atoms with E-state index < -0.39 is 0 Å². The molecule has 1 aromatic carbocycles. The Morgan fingerprint density at radius 3 is 2.69 bits per heavy atom. The molecule has 0 aliphatic heterocycles. The fourth-order valence-electron chi connectivity index (χ4n) is 3.76. The molecule has 156 valence electrons. The molecule has 1 saturated carbocycles. The summed E-state index contributed by atoms with van der Waals surface area (Å²) in [6, 6.07) is 7.72. The summed E-state index contributed by atoms with van der Waals surface area (Å²) < 4.78 is 5.20. The predicted molar refractivity (Wildman–Crippen MR) is 122 cm³/mol. The van der Waals surface area contributed by atoms with E-state index in [1.807, 2.05) is 24.3 Å². The van der Waals surface area contributed by atoms with Gasteiger partial charge in [0.05, 0.1) is 23.7 Å². The molecule has 1 aromatic heterocycles. The number of nitrogens with one attached hydrogen (secondary N) is 2. The maximum absolute atomic E-state index is 12.5. The molecule has 1 aliphatic rings. The van der Waals surface area contributed by atoms with E-state index >= 15 is 0 Å². The van der Waals surface area contributed by atoms with E-state index in [0.29, 0.717) is 17.2 Å². The summed E-state index contributed by atoms with van der Waals surface area (Å²) in [5.74, 6) is 1.41. The average Bonchev–Trinajstić information content (AvgIpc) is 3.31. The number of carbonyl (C=O) groups excluding carboxylic acids is 1. The van der Waals surface area contributed by atoms with Gasteiger partial charge in [-0.1, -0.05) is 56.5 Å². The minimum Gasteiger partial charge on any atom is -0.497 e. The van der Waals surface area contributed by atoms with Gasteiger partial charge < -0.3 is 15.4 Å². The first-order valence-corrected chi connectivity index (χ1v) is 11.6. The van der Waals surface area contributed by atoms with Crippen LogP contribution in [0.2, 0.25) is 0 Å². The van der Waals surface area contributed by atoms with Crippen LogP contribution < -0.4 is 15.4 Å². The molecule has 7 heteroatoms. The van der Waals surface area contributed by atoms with E-state index in [4.69, 9.17) is 17.0 Å². The van der Waals surface area contributed by atoms with Crippen molar-refractivity contribution in [3.05, 3.63) is 46.4 Å². The third kappa shape index (κ3) is 6.78. The Hall–Kier alpha value is -1.99. The minimum absolute atomic E-state index is 0.159. The van der Waals surface area contributed by atoms with Gasteiger partial charge in [0.1, 0.15) is 11.4 Å². The Kier molecular flexibility index (Phi) is 8.43. The number of aromatic nitrogens is 1. The Morgan fingerprint density at radius 1 is 1.28 bits per heavy atom. The quantitative estimate of drug-likeness (QED) is 0.562. The third-order valence-corrected chi connectivity index (χ3v) is 6.52. The second kappa shape index (κ2) is 11.3. The van der Waals surface area contributed by atoms with Gasteiger partial charge in [-0.25, -0.2) is 4.98 Å². The van der Waals surface area contributed by atoms with Gasteiger partial charge in [-0.2, -0.15) is 0 Å². The lowest BCUT2D eigenvalue weighted by molar-refractivity contribution is 0.0939. The first-order valence-electron chi connectivity index (χ1n) is 10.3. The standard InChI is InChI=1S/C22H29N3O2S2/c1-27-18-10-7-17(8-11-18)13-23-22(28)19(12-9-16-5-3-2-4-6-16)25-21(26)20-14-29-15-24-20/h7-8,10-11,14-16,19H,2-6,9,12-13H2,1H3,(H,23,28)(H,25,26)/t19-/m1/s1. The number of hydrogen-bond donors (Lipinski definition) is 2. The molecule has 0 unspecified atom stereocenters. The van der Waals surface area contributed by atoms with Gasteiger partial charge in [0.15, 0.2) is 0 Å². The molecule has 0 spiro atoms.